The Bertz CT molecular complexity index is 789. The van der Waals surface area contributed by atoms with E-state index in [0.717, 1.165) is 42.2 Å². The summed E-state index contributed by atoms with van der Waals surface area (Å²) < 4.78 is 44.4. The maximum atomic E-state index is 12.5. The number of hydrogen-bond acceptors (Lipinski definition) is 3. The van der Waals surface area contributed by atoms with Gasteiger partial charge in [-0.1, -0.05) is 0 Å². The molecule has 0 radical (unpaired) electrons. The number of carbonyl (C=O) groups is 2. The molecular weight excluding hydrogens is 335 g/mol. The number of hydrogen-bond donors (Lipinski definition) is 0. The monoisotopic (exact) mass is 353 g/mol. The molecule has 0 spiro atoms. The van der Waals surface area contributed by atoms with Crippen LogP contribution in [0, 0.1) is 13.8 Å². The minimum absolute atomic E-state index is 0.0418. The Morgan fingerprint density at radius 1 is 1.12 bits per heavy atom. The molecule has 0 bridgehead atoms. The van der Waals surface area contributed by atoms with Gasteiger partial charge in [0, 0.05) is 23.5 Å². The van der Waals surface area contributed by atoms with Crippen LogP contribution < -0.4 is 0 Å². The minimum atomic E-state index is -4.47. The Morgan fingerprint density at radius 2 is 1.72 bits per heavy atom. The summed E-state index contributed by atoms with van der Waals surface area (Å²) in [6.07, 6.45) is -4.47. The fourth-order valence-electron chi connectivity index (χ4n) is 2.66. The fraction of sp³-hybridized carbons (Fsp3) is 0.333. The third kappa shape index (κ3) is 4.10. The van der Waals surface area contributed by atoms with E-state index in [1.165, 1.54) is 0 Å². The van der Waals surface area contributed by atoms with Crippen molar-refractivity contribution in [3.05, 3.63) is 58.4 Å². The van der Waals surface area contributed by atoms with Crippen molar-refractivity contribution in [3.8, 4) is 0 Å². The molecule has 0 N–H and O–H groups in total. The molecule has 4 nitrogen and oxygen atoms in total. The number of esters is 1. The van der Waals surface area contributed by atoms with Crippen LogP contribution in [0.5, 0.6) is 0 Å². The highest BCUT2D eigenvalue weighted by Crippen LogP contribution is 2.29. The molecule has 25 heavy (non-hydrogen) atoms. The number of benzene rings is 1. The van der Waals surface area contributed by atoms with Crippen LogP contribution in [0.4, 0.5) is 13.2 Å². The zero-order chi connectivity index (χ0) is 18.8. The number of Topliss-reactive ketones (excluding diaryl/α,β-unsaturated/α-hetero) is 1. The molecule has 1 aromatic carbocycles. The predicted molar refractivity (Wildman–Crippen MR) is 85.6 cm³/mol. The van der Waals surface area contributed by atoms with Crippen molar-refractivity contribution < 1.29 is 27.5 Å². The first-order valence-corrected chi connectivity index (χ1v) is 7.69. The SMILES string of the molecule is CCn1c(C)cc(C(=O)COC(=O)c2ccc(C(F)(F)F)cc2)c1C. The molecule has 7 heteroatoms. The van der Waals surface area contributed by atoms with E-state index in [4.69, 9.17) is 4.74 Å². The molecule has 0 fully saturated rings. The second kappa shape index (κ2) is 7.13. The van der Waals surface area contributed by atoms with Crippen LogP contribution in [0.2, 0.25) is 0 Å². The lowest BCUT2D eigenvalue weighted by Crippen LogP contribution is -2.15. The van der Waals surface area contributed by atoms with E-state index in [9.17, 15) is 22.8 Å². The second-order valence-electron chi connectivity index (χ2n) is 5.60. The van der Waals surface area contributed by atoms with Crippen LogP contribution in [-0.4, -0.2) is 22.9 Å². The Balaban J connectivity index is 2.03. The van der Waals surface area contributed by atoms with Crippen molar-refractivity contribution in [3.63, 3.8) is 0 Å². The lowest BCUT2D eigenvalue weighted by molar-refractivity contribution is -0.137. The van der Waals surface area contributed by atoms with Crippen molar-refractivity contribution in [2.24, 2.45) is 0 Å². The highest BCUT2D eigenvalue weighted by molar-refractivity contribution is 6.00. The minimum Gasteiger partial charge on any atom is -0.454 e. The molecule has 0 amide bonds. The molecule has 1 heterocycles. The van der Waals surface area contributed by atoms with Gasteiger partial charge in [-0.05, 0) is 51.1 Å². The number of halogens is 3. The van der Waals surface area contributed by atoms with E-state index in [-0.39, 0.29) is 11.3 Å². The Kier molecular flexibility index (Phi) is 5.35. The lowest BCUT2D eigenvalue weighted by Gasteiger charge is -2.08. The predicted octanol–water partition coefficient (Wildman–Crippen LogP) is 4.18. The third-order valence-electron chi connectivity index (χ3n) is 3.97. The summed E-state index contributed by atoms with van der Waals surface area (Å²) in [5, 5.41) is 0. The molecule has 2 aromatic rings. The van der Waals surface area contributed by atoms with Crippen molar-refractivity contribution >= 4 is 11.8 Å². The number of alkyl halides is 3. The first-order valence-electron chi connectivity index (χ1n) is 7.69. The van der Waals surface area contributed by atoms with Gasteiger partial charge in [-0.3, -0.25) is 4.79 Å². The van der Waals surface area contributed by atoms with E-state index in [2.05, 4.69) is 0 Å². The number of ether oxygens (including phenoxy) is 1. The van der Waals surface area contributed by atoms with Gasteiger partial charge >= 0.3 is 12.1 Å². The molecule has 0 saturated heterocycles. The summed E-state index contributed by atoms with van der Waals surface area (Å²) in [5.41, 5.74) is 1.29. The summed E-state index contributed by atoms with van der Waals surface area (Å²) in [6.45, 7) is 5.89. The Labute approximate surface area is 143 Å². The van der Waals surface area contributed by atoms with Crippen molar-refractivity contribution in [2.45, 2.75) is 33.5 Å². The number of aryl methyl sites for hydroxylation is 1. The first kappa shape index (κ1) is 18.8. The van der Waals surface area contributed by atoms with Gasteiger partial charge < -0.3 is 9.30 Å². The molecule has 134 valence electrons. The summed E-state index contributed by atoms with van der Waals surface area (Å²) >= 11 is 0. The van der Waals surface area contributed by atoms with Gasteiger partial charge in [0.25, 0.3) is 0 Å². The van der Waals surface area contributed by atoms with Gasteiger partial charge in [0.05, 0.1) is 11.1 Å². The number of nitrogens with zero attached hydrogens (tertiary/aromatic N) is 1. The molecule has 0 aliphatic heterocycles. The maximum Gasteiger partial charge on any atom is 0.416 e. The third-order valence-corrected chi connectivity index (χ3v) is 3.97. The number of aromatic nitrogens is 1. The van der Waals surface area contributed by atoms with Crippen LogP contribution in [-0.2, 0) is 17.5 Å². The van der Waals surface area contributed by atoms with E-state index in [0.29, 0.717) is 5.56 Å². The summed E-state index contributed by atoms with van der Waals surface area (Å²) in [5.74, 6) is -1.19. The van der Waals surface area contributed by atoms with Crippen LogP contribution in [0.15, 0.2) is 30.3 Å². The summed E-state index contributed by atoms with van der Waals surface area (Å²) in [6, 6.07) is 5.38. The number of ketones is 1. The molecule has 0 aliphatic rings. The van der Waals surface area contributed by atoms with Gasteiger partial charge in [-0.25, -0.2) is 4.79 Å². The summed E-state index contributed by atoms with van der Waals surface area (Å²) in [7, 11) is 0. The quantitative estimate of drug-likeness (QED) is 0.598. The van der Waals surface area contributed by atoms with E-state index < -0.39 is 24.3 Å². The molecule has 0 atom stereocenters. The van der Waals surface area contributed by atoms with Crippen molar-refractivity contribution in [1.82, 2.24) is 4.57 Å². The average Bonchev–Trinajstić information content (AvgIpc) is 2.85. The largest absolute Gasteiger partial charge is 0.454 e. The van der Waals surface area contributed by atoms with E-state index in [1.54, 1.807) is 13.0 Å². The van der Waals surface area contributed by atoms with Crippen molar-refractivity contribution in [1.29, 1.82) is 0 Å². The van der Waals surface area contributed by atoms with Gasteiger partial charge in [-0.2, -0.15) is 13.2 Å². The highest BCUT2D eigenvalue weighted by atomic mass is 19.4. The topological polar surface area (TPSA) is 48.3 Å². The molecular formula is C18H18F3NO3. The van der Waals surface area contributed by atoms with Crippen molar-refractivity contribution in [2.75, 3.05) is 6.61 Å². The molecule has 0 saturated carbocycles. The summed E-state index contributed by atoms with van der Waals surface area (Å²) in [4.78, 5) is 24.1. The van der Waals surface area contributed by atoms with Crippen LogP contribution >= 0.6 is 0 Å². The molecule has 0 unspecified atom stereocenters. The lowest BCUT2D eigenvalue weighted by atomic mass is 10.1. The average molecular weight is 353 g/mol. The van der Waals surface area contributed by atoms with E-state index in [1.807, 2.05) is 18.4 Å². The van der Waals surface area contributed by atoms with Crippen LogP contribution in [0.25, 0.3) is 0 Å². The van der Waals surface area contributed by atoms with Gasteiger partial charge in [0.15, 0.2) is 6.61 Å². The molecule has 2 rings (SSSR count). The molecule has 0 aliphatic carbocycles. The zero-order valence-electron chi connectivity index (χ0n) is 14.1. The van der Waals surface area contributed by atoms with Crippen LogP contribution in [0.1, 0.15) is 44.6 Å². The van der Waals surface area contributed by atoms with Crippen LogP contribution in [0.3, 0.4) is 0 Å². The zero-order valence-corrected chi connectivity index (χ0v) is 14.1. The Hall–Kier alpha value is -2.57. The Morgan fingerprint density at radius 3 is 2.20 bits per heavy atom. The number of rotatable bonds is 5. The second-order valence-corrected chi connectivity index (χ2v) is 5.60. The van der Waals surface area contributed by atoms with Gasteiger partial charge in [0.2, 0.25) is 5.78 Å². The molecule has 1 aromatic heterocycles. The highest BCUT2D eigenvalue weighted by Gasteiger charge is 2.30. The smallest absolute Gasteiger partial charge is 0.416 e. The normalized spacial score (nSPS) is 11.4. The number of carbonyl (C=O) groups excluding carboxylic acids is 2. The standard InChI is InChI=1S/C18H18F3NO3/c1-4-22-11(2)9-15(12(22)3)16(23)10-25-17(24)13-5-7-14(8-6-13)18(19,20)21/h5-9H,4,10H2,1-3H3. The van der Waals surface area contributed by atoms with E-state index >= 15 is 0 Å². The fourth-order valence-corrected chi connectivity index (χ4v) is 2.66. The van der Waals surface area contributed by atoms with Gasteiger partial charge in [-0.15, -0.1) is 0 Å². The maximum absolute atomic E-state index is 12.5. The first-order chi connectivity index (χ1) is 11.6. The van der Waals surface area contributed by atoms with Gasteiger partial charge in [0.1, 0.15) is 0 Å².